The lowest BCUT2D eigenvalue weighted by atomic mass is 9.89. The molecular formula is C21H29N5O. The highest BCUT2D eigenvalue weighted by molar-refractivity contribution is 5.99. The van der Waals surface area contributed by atoms with Crippen molar-refractivity contribution >= 4 is 11.7 Å². The van der Waals surface area contributed by atoms with Gasteiger partial charge >= 0.3 is 0 Å². The van der Waals surface area contributed by atoms with Crippen LogP contribution in [0, 0.1) is 0 Å². The standard InChI is InChI=1S/C21H29N5O/c1-21(2)12-18(15-8-6-5-7-9-15)23-19-17(13-22-26(19)21)20(27)25(4)16-10-11-24(3)14-16/h5-9,13,16,18,23H,10-12,14H2,1-4H3. The Hall–Kier alpha value is -2.34. The van der Waals surface area contributed by atoms with Gasteiger partial charge in [0.1, 0.15) is 11.4 Å². The molecule has 1 fully saturated rings. The number of nitrogens with one attached hydrogen (secondary N) is 1. The molecule has 2 atom stereocenters. The van der Waals surface area contributed by atoms with Gasteiger partial charge in [-0.1, -0.05) is 30.3 Å². The number of hydrogen-bond donors (Lipinski definition) is 1. The minimum Gasteiger partial charge on any atom is -0.363 e. The molecule has 3 heterocycles. The lowest BCUT2D eigenvalue weighted by molar-refractivity contribution is 0.0738. The van der Waals surface area contributed by atoms with Crippen molar-refractivity contribution in [2.45, 2.75) is 44.3 Å². The first kappa shape index (κ1) is 18.0. The maximum Gasteiger partial charge on any atom is 0.259 e. The predicted octanol–water partition coefficient (Wildman–Crippen LogP) is 2.95. The topological polar surface area (TPSA) is 53.4 Å². The van der Waals surface area contributed by atoms with Crippen molar-refractivity contribution in [3.05, 3.63) is 47.7 Å². The summed E-state index contributed by atoms with van der Waals surface area (Å²) in [6.07, 6.45) is 3.67. The summed E-state index contributed by atoms with van der Waals surface area (Å²) in [6, 6.07) is 10.9. The summed E-state index contributed by atoms with van der Waals surface area (Å²) in [5.41, 5.74) is 1.74. The molecule has 144 valence electrons. The molecule has 2 unspecified atom stereocenters. The molecule has 1 aromatic heterocycles. The zero-order chi connectivity index (χ0) is 19.2. The van der Waals surface area contributed by atoms with E-state index in [1.54, 1.807) is 6.20 Å². The number of fused-ring (bicyclic) bond motifs is 1. The monoisotopic (exact) mass is 367 g/mol. The van der Waals surface area contributed by atoms with Crippen molar-refractivity contribution in [1.29, 1.82) is 0 Å². The van der Waals surface area contributed by atoms with Crippen LogP contribution in [0.5, 0.6) is 0 Å². The second-order valence-corrected chi connectivity index (χ2v) is 8.56. The van der Waals surface area contributed by atoms with Crippen molar-refractivity contribution in [2.75, 3.05) is 32.5 Å². The number of rotatable bonds is 3. The highest BCUT2D eigenvalue weighted by Crippen LogP contribution is 2.40. The van der Waals surface area contributed by atoms with Gasteiger partial charge in [-0.05, 0) is 45.8 Å². The van der Waals surface area contributed by atoms with Crippen LogP contribution in [0.15, 0.2) is 36.5 Å². The molecule has 6 nitrogen and oxygen atoms in total. The molecule has 2 aliphatic heterocycles. The second-order valence-electron chi connectivity index (χ2n) is 8.56. The first-order chi connectivity index (χ1) is 12.9. The molecule has 1 aromatic carbocycles. The van der Waals surface area contributed by atoms with E-state index < -0.39 is 0 Å². The van der Waals surface area contributed by atoms with Gasteiger partial charge in [0.05, 0.1) is 17.8 Å². The van der Waals surface area contributed by atoms with Crippen LogP contribution in [0.1, 0.15) is 48.7 Å². The number of anilines is 1. The summed E-state index contributed by atoms with van der Waals surface area (Å²) in [6.45, 7) is 6.33. The van der Waals surface area contributed by atoms with E-state index in [-0.39, 0.29) is 23.5 Å². The minimum atomic E-state index is -0.161. The number of carbonyl (C=O) groups is 1. The normalized spacial score (nSPS) is 24.3. The third-order valence-electron chi connectivity index (χ3n) is 6.02. The predicted molar refractivity (Wildman–Crippen MR) is 107 cm³/mol. The van der Waals surface area contributed by atoms with Gasteiger partial charge < -0.3 is 15.1 Å². The molecule has 1 saturated heterocycles. The molecule has 2 aliphatic rings. The molecule has 1 N–H and O–H groups in total. The molecule has 0 spiro atoms. The smallest absolute Gasteiger partial charge is 0.259 e. The number of amides is 1. The zero-order valence-electron chi connectivity index (χ0n) is 16.6. The summed E-state index contributed by atoms with van der Waals surface area (Å²) >= 11 is 0. The maximum absolute atomic E-state index is 13.2. The SMILES string of the molecule is CN1CCC(N(C)C(=O)c2cnn3c2NC(c2ccccc2)CC3(C)C)C1. The Kier molecular flexibility index (Phi) is 4.46. The van der Waals surface area contributed by atoms with Gasteiger partial charge in [0, 0.05) is 19.6 Å². The quantitative estimate of drug-likeness (QED) is 0.906. The number of aromatic nitrogens is 2. The third kappa shape index (κ3) is 3.23. The Morgan fingerprint density at radius 3 is 2.70 bits per heavy atom. The van der Waals surface area contributed by atoms with Crippen molar-refractivity contribution in [2.24, 2.45) is 0 Å². The molecule has 4 rings (SSSR count). The lowest BCUT2D eigenvalue weighted by Crippen LogP contribution is -2.40. The van der Waals surface area contributed by atoms with E-state index in [9.17, 15) is 4.79 Å². The van der Waals surface area contributed by atoms with Crippen LogP contribution in [0.4, 0.5) is 5.82 Å². The van der Waals surface area contributed by atoms with Gasteiger partial charge in [0.2, 0.25) is 0 Å². The Balaban J connectivity index is 1.64. The van der Waals surface area contributed by atoms with Crippen molar-refractivity contribution in [3.63, 3.8) is 0 Å². The largest absolute Gasteiger partial charge is 0.363 e. The summed E-state index contributed by atoms with van der Waals surface area (Å²) in [5.74, 6) is 0.886. The van der Waals surface area contributed by atoms with Crippen LogP contribution in [-0.2, 0) is 5.54 Å². The number of likely N-dealkylation sites (tertiary alicyclic amines) is 1. The molecule has 0 saturated carbocycles. The van der Waals surface area contributed by atoms with E-state index in [0.717, 1.165) is 31.7 Å². The van der Waals surface area contributed by atoms with Crippen LogP contribution in [0.25, 0.3) is 0 Å². The number of carbonyl (C=O) groups excluding carboxylic acids is 1. The second kappa shape index (κ2) is 6.68. The van der Waals surface area contributed by atoms with Crippen LogP contribution in [-0.4, -0.2) is 58.7 Å². The minimum absolute atomic E-state index is 0.0496. The van der Waals surface area contributed by atoms with E-state index in [4.69, 9.17) is 0 Å². The highest BCUT2D eigenvalue weighted by atomic mass is 16.2. The Labute approximate surface area is 161 Å². The van der Waals surface area contributed by atoms with Crippen molar-refractivity contribution in [1.82, 2.24) is 19.6 Å². The molecule has 0 radical (unpaired) electrons. The molecule has 1 amide bonds. The third-order valence-corrected chi connectivity index (χ3v) is 6.02. The van der Waals surface area contributed by atoms with Gasteiger partial charge in [-0.25, -0.2) is 4.68 Å². The van der Waals surface area contributed by atoms with Crippen molar-refractivity contribution < 1.29 is 4.79 Å². The molecule has 6 heteroatoms. The van der Waals surface area contributed by atoms with Crippen LogP contribution >= 0.6 is 0 Å². The summed E-state index contributed by atoms with van der Waals surface area (Å²) in [5, 5.41) is 8.17. The average Bonchev–Trinajstić information content (AvgIpc) is 3.27. The fraction of sp³-hybridized carbons (Fsp3) is 0.524. The highest BCUT2D eigenvalue weighted by Gasteiger charge is 2.38. The van der Waals surface area contributed by atoms with Crippen LogP contribution in [0.2, 0.25) is 0 Å². The van der Waals surface area contributed by atoms with Crippen LogP contribution in [0.3, 0.4) is 0 Å². The van der Waals surface area contributed by atoms with Gasteiger partial charge in [-0.15, -0.1) is 0 Å². The van der Waals surface area contributed by atoms with E-state index in [1.165, 1.54) is 5.56 Å². The number of hydrogen-bond acceptors (Lipinski definition) is 4. The van der Waals surface area contributed by atoms with Crippen LogP contribution < -0.4 is 5.32 Å². The molecule has 27 heavy (non-hydrogen) atoms. The Morgan fingerprint density at radius 1 is 1.30 bits per heavy atom. The fourth-order valence-corrected chi connectivity index (χ4v) is 4.38. The Morgan fingerprint density at radius 2 is 2.04 bits per heavy atom. The number of benzene rings is 1. The fourth-order valence-electron chi connectivity index (χ4n) is 4.38. The summed E-state index contributed by atoms with van der Waals surface area (Å²) < 4.78 is 1.98. The number of nitrogens with zero attached hydrogens (tertiary/aromatic N) is 4. The Bertz CT molecular complexity index is 828. The summed E-state index contributed by atoms with van der Waals surface area (Å²) in [4.78, 5) is 17.4. The van der Waals surface area contributed by atoms with Crippen molar-refractivity contribution in [3.8, 4) is 0 Å². The first-order valence-corrected chi connectivity index (χ1v) is 9.72. The van der Waals surface area contributed by atoms with E-state index in [0.29, 0.717) is 5.56 Å². The number of likely N-dealkylation sites (N-methyl/N-ethyl adjacent to an activating group) is 2. The van der Waals surface area contributed by atoms with Gasteiger partial charge in [-0.2, -0.15) is 5.10 Å². The average molecular weight is 367 g/mol. The molecular weight excluding hydrogens is 338 g/mol. The maximum atomic E-state index is 13.2. The van der Waals surface area contributed by atoms with Gasteiger partial charge in [-0.3, -0.25) is 4.79 Å². The zero-order valence-corrected chi connectivity index (χ0v) is 16.6. The van der Waals surface area contributed by atoms with Gasteiger partial charge in [0.25, 0.3) is 5.91 Å². The first-order valence-electron chi connectivity index (χ1n) is 9.72. The van der Waals surface area contributed by atoms with E-state index in [1.807, 2.05) is 22.7 Å². The summed E-state index contributed by atoms with van der Waals surface area (Å²) in [7, 11) is 4.02. The lowest BCUT2D eigenvalue weighted by Gasteiger charge is -2.38. The van der Waals surface area contributed by atoms with E-state index in [2.05, 4.69) is 60.5 Å². The molecule has 0 bridgehead atoms. The van der Waals surface area contributed by atoms with Gasteiger partial charge in [0.15, 0.2) is 0 Å². The molecule has 0 aliphatic carbocycles. The molecule has 2 aromatic rings. The van der Waals surface area contributed by atoms with E-state index >= 15 is 0 Å².